The smallest absolute Gasteiger partial charge is 0.168 e. The highest BCUT2D eigenvalue weighted by molar-refractivity contribution is 7.99. The van der Waals surface area contributed by atoms with Crippen LogP contribution in [0.25, 0.3) is 0 Å². The van der Waals surface area contributed by atoms with Crippen molar-refractivity contribution >= 4 is 11.8 Å². The maximum Gasteiger partial charge on any atom is 0.168 e. The number of thioether (sulfide) groups is 1. The van der Waals surface area contributed by atoms with Crippen LogP contribution >= 0.6 is 11.8 Å². The van der Waals surface area contributed by atoms with E-state index in [-0.39, 0.29) is 0 Å². The normalized spacial score (nSPS) is 18.8. The molecule has 0 unspecified atom stereocenters. The van der Waals surface area contributed by atoms with E-state index < -0.39 is 0 Å². The van der Waals surface area contributed by atoms with Gasteiger partial charge in [-0.05, 0) is 5.56 Å². The van der Waals surface area contributed by atoms with E-state index in [4.69, 9.17) is 0 Å². The molecule has 1 aromatic carbocycles. The van der Waals surface area contributed by atoms with Gasteiger partial charge >= 0.3 is 0 Å². The van der Waals surface area contributed by atoms with Crippen molar-refractivity contribution in [2.45, 2.75) is 30.6 Å². The van der Waals surface area contributed by atoms with Gasteiger partial charge in [0.15, 0.2) is 5.16 Å². The number of nitrogens with two attached hydrogens (primary N) is 1. The van der Waals surface area contributed by atoms with Crippen LogP contribution in [0, 0.1) is 0 Å². The first-order valence-corrected chi connectivity index (χ1v) is 7.91. The predicted molar refractivity (Wildman–Crippen MR) is 78.3 cm³/mol. The van der Waals surface area contributed by atoms with Gasteiger partial charge in [0.1, 0.15) is 0 Å². The van der Waals surface area contributed by atoms with Crippen LogP contribution in [0.15, 0.2) is 47.9 Å². The highest BCUT2D eigenvalue weighted by atomic mass is 32.2. The molecule has 1 aliphatic rings. The molecule has 0 saturated carbocycles. The summed E-state index contributed by atoms with van der Waals surface area (Å²) in [5.41, 5.74) is 1.33. The molecule has 1 fully saturated rings. The van der Waals surface area contributed by atoms with Crippen molar-refractivity contribution < 1.29 is 5.32 Å². The van der Waals surface area contributed by atoms with E-state index in [9.17, 15) is 0 Å². The minimum absolute atomic E-state index is 0.784. The van der Waals surface area contributed by atoms with E-state index in [0.717, 1.165) is 17.7 Å². The van der Waals surface area contributed by atoms with Gasteiger partial charge in [-0.3, -0.25) is 0 Å². The fourth-order valence-corrected chi connectivity index (χ4v) is 3.61. The number of hydrogen-bond donors (Lipinski definition) is 1. The zero-order valence-electron chi connectivity index (χ0n) is 11.0. The van der Waals surface area contributed by atoms with Crippen LogP contribution in [0.4, 0.5) is 0 Å². The number of hydrogen-bond acceptors (Lipinski definition) is 2. The third-order valence-electron chi connectivity index (χ3n) is 3.58. The van der Waals surface area contributed by atoms with Gasteiger partial charge in [-0.2, -0.15) is 0 Å². The van der Waals surface area contributed by atoms with E-state index in [1.54, 1.807) is 0 Å². The standard InChI is InChI=1S/C15H19N3S/c1-2-5-13(6-3-1)11-18-10-9-17-15(18)19-12-14-7-4-8-16-14/h1-3,5-6,9-10,14,16H,4,7-8,11-12H2/p+1/t14-/m0/s1. The van der Waals surface area contributed by atoms with Gasteiger partial charge in [-0.15, -0.1) is 0 Å². The molecule has 2 aromatic rings. The first-order valence-electron chi connectivity index (χ1n) is 6.93. The molecule has 0 aliphatic carbocycles. The minimum Gasteiger partial charge on any atom is -0.343 e. The second-order valence-electron chi connectivity index (χ2n) is 5.06. The summed E-state index contributed by atoms with van der Waals surface area (Å²) in [7, 11) is 0. The Morgan fingerprint density at radius 3 is 3.00 bits per heavy atom. The van der Waals surface area contributed by atoms with E-state index in [2.05, 4.69) is 51.4 Å². The van der Waals surface area contributed by atoms with Crippen molar-refractivity contribution in [3.05, 3.63) is 48.3 Å². The number of nitrogens with zero attached hydrogens (tertiary/aromatic N) is 2. The van der Waals surface area contributed by atoms with Gasteiger partial charge in [0.2, 0.25) is 0 Å². The first kappa shape index (κ1) is 12.8. The van der Waals surface area contributed by atoms with E-state index in [1.165, 1.54) is 30.7 Å². The van der Waals surface area contributed by atoms with Crippen LogP contribution in [0.1, 0.15) is 18.4 Å². The molecule has 1 saturated heterocycles. The molecule has 1 atom stereocenters. The molecule has 4 heteroatoms. The van der Waals surface area contributed by atoms with Crippen molar-refractivity contribution in [2.75, 3.05) is 12.3 Å². The maximum atomic E-state index is 4.49. The summed E-state index contributed by atoms with van der Waals surface area (Å²) in [6.45, 7) is 2.21. The number of rotatable bonds is 5. The molecule has 1 aliphatic heterocycles. The predicted octanol–water partition coefficient (Wildman–Crippen LogP) is 1.75. The van der Waals surface area contributed by atoms with Crippen molar-refractivity contribution in [1.29, 1.82) is 0 Å². The molecule has 0 radical (unpaired) electrons. The molecule has 1 aromatic heterocycles. The lowest BCUT2D eigenvalue weighted by atomic mass is 10.2. The quantitative estimate of drug-likeness (QED) is 0.843. The molecule has 0 bridgehead atoms. The molecule has 3 nitrogen and oxygen atoms in total. The molecular weight excluding hydrogens is 254 g/mol. The SMILES string of the molecule is c1ccc(Cn2ccnc2SC[C@@H]2CCC[NH2+]2)cc1. The van der Waals surface area contributed by atoms with E-state index >= 15 is 0 Å². The number of benzene rings is 1. The summed E-state index contributed by atoms with van der Waals surface area (Å²) < 4.78 is 2.24. The summed E-state index contributed by atoms with van der Waals surface area (Å²) in [5.74, 6) is 1.17. The molecular formula is C15H20N3S+. The third kappa shape index (κ3) is 3.39. The second-order valence-corrected chi connectivity index (χ2v) is 6.05. The summed E-state index contributed by atoms with van der Waals surface area (Å²) in [6, 6.07) is 11.4. The Hall–Kier alpha value is -1.26. The van der Waals surface area contributed by atoms with Gasteiger partial charge in [0.25, 0.3) is 0 Å². The van der Waals surface area contributed by atoms with Crippen LogP contribution in [-0.2, 0) is 6.54 Å². The van der Waals surface area contributed by atoms with Crippen molar-refractivity contribution in [3.63, 3.8) is 0 Å². The van der Waals surface area contributed by atoms with Gasteiger partial charge in [-0.25, -0.2) is 4.98 Å². The lowest BCUT2D eigenvalue weighted by molar-refractivity contribution is -0.665. The van der Waals surface area contributed by atoms with Crippen LogP contribution in [0.5, 0.6) is 0 Å². The van der Waals surface area contributed by atoms with Gasteiger partial charge in [-0.1, -0.05) is 42.1 Å². The Kier molecular flexibility index (Phi) is 4.20. The van der Waals surface area contributed by atoms with Crippen LogP contribution in [0.2, 0.25) is 0 Å². The molecule has 0 spiro atoms. The monoisotopic (exact) mass is 274 g/mol. The third-order valence-corrected chi connectivity index (χ3v) is 4.77. The van der Waals surface area contributed by atoms with Gasteiger partial charge < -0.3 is 9.88 Å². The molecule has 0 amide bonds. The molecule has 2 heterocycles. The summed E-state index contributed by atoms with van der Waals surface area (Å²) in [4.78, 5) is 4.49. The fourth-order valence-electron chi connectivity index (χ4n) is 2.52. The Bertz CT molecular complexity index is 503. The van der Waals surface area contributed by atoms with E-state index in [1.807, 2.05) is 18.0 Å². The summed E-state index contributed by atoms with van der Waals surface area (Å²) >= 11 is 1.89. The maximum absolute atomic E-state index is 4.49. The second kappa shape index (κ2) is 6.26. The van der Waals surface area contributed by atoms with Gasteiger partial charge in [0, 0.05) is 31.8 Å². The summed E-state index contributed by atoms with van der Waals surface area (Å²) in [6.07, 6.45) is 6.70. The zero-order valence-corrected chi connectivity index (χ0v) is 11.9. The van der Waals surface area contributed by atoms with Crippen LogP contribution in [-0.4, -0.2) is 27.9 Å². The van der Waals surface area contributed by atoms with Crippen LogP contribution in [0.3, 0.4) is 0 Å². The molecule has 3 rings (SSSR count). The summed E-state index contributed by atoms with van der Waals surface area (Å²) in [5, 5.41) is 3.61. The Balaban J connectivity index is 1.61. The Morgan fingerprint density at radius 1 is 1.32 bits per heavy atom. The topological polar surface area (TPSA) is 34.4 Å². The molecule has 19 heavy (non-hydrogen) atoms. The average Bonchev–Trinajstić information content (AvgIpc) is 3.09. The molecule has 100 valence electrons. The highest BCUT2D eigenvalue weighted by Gasteiger charge is 2.19. The largest absolute Gasteiger partial charge is 0.343 e. The number of imidazole rings is 1. The van der Waals surface area contributed by atoms with Crippen molar-refractivity contribution in [2.24, 2.45) is 0 Å². The average molecular weight is 274 g/mol. The number of quaternary nitrogens is 1. The Morgan fingerprint density at radius 2 is 2.21 bits per heavy atom. The highest BCUT2D eigenvalue weighted by Crippen LogP contribution is 2.19. The van der Waals surface area contributed by atoms with Crippen LogP contribution < -0.4 is 5.32 Å². The first-order chi connectivity index (χ1) is 9.42. The fraction of sp³-hybridized carbons (Fsp3) is 0.400. The lowest BCUT2D eigenvalue weighted by Crippen LogP contribution is -2.87. The van der Waals surface area contributed by atoms with Crippen molar-refractivity contribution in [3.8, 4) is 0 Å². The lowest BCUT2D eigenvalue weighted by Gasteiger charge is -2.09. The Labute approximate surface area is 118 Å². The zero-order chi connectivity index (χ0) is 12.9. The van der Waals surface area contributed by atoms with E-state index in [0.29, 0.717) is 0 Å². The minimum atomic E-state index is 0.784. The van der Waals surface area contributed by atoms with Gasteiger partial charge in [0.05, 0.1) is 18.3 Å². The van der Waals surface area contributed by atoms with Crippen molar-refractivity contribution in [1.82, 2.24) is 9.55 Å². The number of aromatic nitrogens is 2. The molecule has 2 N–H and O–H groups in total.